The van der Waals surface area contributed by atoms with Gasteiger partial charge in [-0.25, -0.2) is 0 Å². The minimum absolute atomic E-state index is 0.0681. The van der Waals surface area contributed by atoms with E-state index in [0.717, 1.165) is 5.56 Å². The number of benzene rings is 2. The van der Waals surface area contributed by atoms with E-state index in [0.29, 0.717) is 24.2 Å². The molecule has 0 aromatic heterocycles. The molecule has 2 aromatic carbocycles. The number of nitrogens with two attached hydrogens (primary N) is 1. The van der Waals surface area contributed by atoms with Crippen molar-refractivity contribution in [1.82, 2.24) is 4.90 Å². The third-order valence-electron chi connectivity index (χ3n) is 4.40. The van der Waals surface area contributed by atoms with Crippen molar-refractivity contribution < 1.29 is 9.72 Å². The average Bonchev–Trinajstić information content (AvgIpc) is 2.96. The first-order valence-corrected chi connectivity index (χ1v) is 7.81. The van der Waals surface area contributed by atoms with E-state index >= 15 is 0 Å². The fourth-order valence-electron chi connectivity index (χ4n) is 3.22. The van der Waals surface area contributed by atoms with Crippen LogP contribution in [0.4, 0.5) is 5.69 Å². The summed E-state index contributed by atoms with van der Waals surface area (Å²) in [5.74, 6) is -0.134. The van der Waals surface area contributed by atoms with Gasteiger partial charge >= 0.3 is 0 Å². The zero-order valence-corrected chi connectivity index (χ0v) is 13.4. The van der Waals surface area contributed by atoms with E-state index in [1.807, 2.05) is 30.3 Å². The Morgan fingerprint density at radius 1 is 1.21 bits per heavy atom. The summed E-state index contributed by atoms with van der Waals surface area (Å²) in [6.45, 7) is 2.71. The van der Waals surface area contributed by atoms with Crippen LogP contribution < -0.4 is 5.73 Å². The first kappa shape index (κ1) is 16.1. The number of rotatable bonds is 3. The fourth-order valence-corrected chi connectivity index (χ4v) is 3.22. The van der Waals surface area contributed by atoms with Crippen LogP contribution in [-0.2, 0) is 0 Å². The van der Waals surface area contributed by atoms with Gasteiger partial charge in [0.25, 0.3) is 11.6 Å². The van der Waals surface area contributed by atoms with Gasteiger partial charge in [0.2, 0.25) is 0 Å². The molecule has 1 aliphatic heterocycles. The number of nitro benzene ring substituents is 1. The molecular formula is C18H19N3O3. The van der Waals surface area contributed by atoms with Gasteiger partial charge in [-0.05, 0) is 24.1 Å². The third-order valence-corrected chi connectivity index (χ3v) is 4.40. The maximum atomic E-state index is 12.7. The molecule has 1 saturated heterocycles. The Morgan fingerprint density at radius 2 is 1.92 bits per heavy atom. The smallest absolute Gasteiger partial charge is 0.270 e. The molecule has 2 N–H and O–H groups in total. The Kier molecular flexibility index (Phi) is 4.31. The normalized spacial score (nSPS) is 20.2. The second kappa shape index (κ2) is 6.41. The average molecular weight is 325 g/mol. The SMILES string of the molecule is Cc1cc(C(=O)N2C[C@@H](N)[C@H](c3ccccc3)C2)cc([N+](=O)[O-])c1. The molecule has 1 amide bonds. The highest BCUT2D eigenvalue weighted by molar-refractivity contribution is 5.95. The molecule has 0 aliphatic carbocycles. The Balaban J connectivity index is 1.83. The molecule has 6 nitrogen and oxygen atoms in total. The summed E-state index contributed by atoms with van der Waals surface area (Å²) in [6.07, 6.45) is 0. The van der Waals surface area contributed by atoms with Gasteiger partial charge in [0, 0.05) is 42.7 Å². The van der Waals surface area contributed by atoms with Crippen LogP contribution in [0.3, 0.4) is 0 Å². The molecule has 0 radical (unpaired) electrons. The number of carbonyl (C=O) groups excluding carboxylic acids is 1. The molecule has 2 atom stereocenters. The monoisotopic (exact) mass is 325 g/mol. The van der Waals surface area contributed by atoms with Gasteiger partial charge in [-0.2, -0.15) is 0 Å². The van der Waals surface area contributed by atoms with E-state index in [1.54, 1.807) is 17.9 Å². The molecule has 6 heteroatoms. The summed E-state index contributed by atoms with van der Waals surface area (Å²) in [5, 5.41) is 11.0. The van der Waals surface area contributed by atoms with Gasteiger partial charge in [0.15, 0.2) is 0 Å². The highest BCUT2D eigenvalue weighted by atomic mass is 16.6. The molecule has 1 aliphatic rings. The quantitative estimate of drug-likeness (QED) is 0.693. The number of carbonyl (C=O) groups is 1. The van der Waals surface area contributed by atoms with Crippen LogP contribution in [0.5, 0.6) is 0 Å². The largest absolute Gasteiger partial charge is 0.336 e. The number of amides is 1. The van der Waals surface area contributed by atoms with E-state index in [9.17, 15) is 14.9 Å². The van der Waals surface area contributed by atoms with Crippen LogP contribution in [-0.4, -0.2) is 34.9 Å². The molecular weight excluding hydrogens is 306 g/mol. The van der Waals surface area contributed by atoms with Crippen molar-refractivity contribution in [3.63, 3.8) is 0 Å². The second-order valence-corrected chi connectivity index (χ2v) is 6.21. The van der Waals surface area contributed by atoms with Gasteiger partial charge in [-0.15, -0.1) is 0 Å². The lowest BCUT2D eigenvalue weighted by molar-refractivity contribution is -0.384. The van der Waals surface area contributed by atoms with Gasteiger partial charge in [-0.3, -0.25) is 14.9 Å². The van der Waals surface area contributed by atoms with Crippen molar-refractivity contribution in [2.75, 3.05) is 13.1 Å². The van der Waals surface area contributed by atoms with Gasteiger partial charge in [0.05, 0.1) is 4.92 Å². The molecule has 0 bridgehead atoms. The molecule has 3 rings (SSSR count). The van der Waals surface area contributed by atoms with Crippen LogP contribution in [0.15, 0.2) is 48.5 Å². The standard InChI is InChI=1S/C18H19N3O3/c1-12-7-14(9-15(8-12)21(23)24)18(22)20-10-16(17(19)11-20)13-5-3-2-4-6-13/h2-9,16-17H,10-11,19H2,1H3/t16-,17+/m0/s1. The number of nitro groups is 1. The molecule has 1 fully saturated rings. The summed E-state index contributed by atoms with van der Waals surface area (Å²) in [7, 11) is 0. The number of hydrogen-bond acceptors (Lipinski definition) is 4. The van der Waals surface area contributed by atoms with Crippen LogP contribution in [0.2, 0.25) is 0 Å². The zero-order valence-electron chi connectivity index (χ0n) is 13.4. The maximum absolute atomic E-state index is 12.7. The summed E-state index contributed by atoms with van der Waals surface area (Å²) >= 11 is 0. The second-order valence-electron chi connectivity index (χ2n) is 6.21. The molecule has 2 aromatic rings. The maximum Gasteiger partial charge on any atom is 0.270 e. The molecule has 24 heavy (non-hydrogen) atoms. The zero-order chi connectivity index (χ0) is 17.3. The Labute approximate surface area is 140 Å². The molecule has 1 heterocycles. The molecule has 0 saturated carbocycles. The summed E-state index contributed by atoms with van der Waals surface area (Å²) in [5.41, 5.74) is 8.29. The van der Waals surface area contributed by atoms with Crippen LogP contribution in [0.1, 0.15) is 27.4 Å². The minimum atomic E-state index is -0.480. The summed E-state index contributed by atoms with van der Waals surface area (Å²) < 4.78 is 0. The first-order valence-electron chi connectivity index (χ1n) is 7.81. The van der Waals surface area contributed by atoms with E-state index < -0.39 is 4.92 Å². The Hall–Kier alpha value is -2.73. The minimum Gasteiger partial charge on any atom is -0.336 e. The topological polar surface area (TPSA) is 89.5 Å². The van der Waals surface area contributed by atoms with Crippen molar-refractivity contribution >= 4 is 11.6 Å². The number of hydrogen-bond donors (Lipinski definition) is 1. The fraction of sp³-hybridized carbons (Fsp3) is 0.278. The molecule has 0 unspecified atom stereocenters. The van der Waals surface area contributed by atoms with E-state index in [4.69, 9.17) is 5.73 Å². The van der Waals surface area contributed by atoms with Crippen molar-refractivity contribution in [3.8, 4) is 0 Å². The summed E-state index contributed by atoms with van der Waals surface area (Å²) in [4.78, 5) is 24.9. The first-order chi connectivity index (χ1) is 11.5. The van der Waals surface area contributed by atoms with Gasteiger partial charge in [0.1, 0.15) is 0 Å². The van der Waals surface area contributed by atoms with E-state index in [2.05, 4.69) is 0 Å². The predicted octanol–water partition coefficient (Wildman–Crippen LogP) is 2.47. The summed E-state index contributed by atoms with van der Waals surface area (Å²) in [6, 6.07) is 14.2. The lowest BCUT2D eigenvalue weighted by atomic mass is 9.95. The Morgan fingerprint density at radius 3 is 2.58 bits per heavy atom. The third kappa shape index (κ3) is 3.14. The van der Waals surface area contributed by atoms with Crippen LogP contribution in [0.25, 0.3) is 0 Å². The van der Waals surface area contributed by atoms with Gasteiger partial charge in [-0.1, -0.05) is 30.3 Å². The highest BCUT2D eigenvalue weighted by Gasteiger charge is 2.34. The van der Waals surface area contributed by atoms with Crippen molar-refractivity contribution in [1.29, 1.82) is 0 Å². The molecule has 124 valence electrons. The number of non-ortho nitro benzene ring substituents is 1. The lowest BCUT2D eigenvalue weighted by Gasteiger charge is -2.17. The van der Waals surface area contributed by atoms with Crippen LogP contribution >= 0.6 is 0 Å². The predicted molar refractivity (Wildman–Crippen MR) is 90.9 cm³/mol. The van der Waals surface area contributed by atoms with E-state index in [-0.39, 0.29) is 23.6 Å². The molecule has 0 spiro atoms. The lowest BCUT2D eigenvalue weighted by Crippen LogP contribution is -2.32. The van der Waals surface area contributed by atoms with Crippen molar-refractivity contribution in [2.45, 2.75) is 18.9 Å². The Bertz CT molecular complexity index is 776. The van der Waals surface area contributed by atoms with Crippen molar-refractivity contribution in [3.05, 3.63) is 75.3 Å². The van der Waals surface area contributed by atoms with Crippen molar-refractivity contribution in [2.24, 2.45) is 5.73 Å². The number of aryl methyl sites for hydroxylation is 1. The number of likely N-dealkylation sites (tertiary alicyclic amines) is 1. The highest BCUT2D eigenvalue weighted by Crippen LogP contribution is 2.28. The van der Waals surface area contributed by atoms with Crippen LogP contribution in [0, 0.1) is 17.0 Å². The number of nitrogens with zero attached hydrogens (tertiary/aromatic N) is 2. The van der Waals surface area contributed by atoms with E-state index in [1.165, 1.54) is 12.1 Å². The van der Waals surface area contributed by atoms with Gasteiger partial charge < -0.3 is 10.6 Å².